The number of rotatable bonds is 6. The van der Waals surface area contributed by atoms with Crippen molar-refractivity contribution >= 4 is 28.8 Å². The van der Waals surface area contributed by atoms with Gasteiger partial charge in [-0.2, -0.15) is 0 Å². The number of imidazole rings is 1. The maximum absolute atomic E-state index is 11.5. The van der Waals surface area contributed by atoms with Crippen molar-refractivity contribution in [3.05, 3.63) is 54.1 Å². The predicted octanol–water partition coefficient (Wildman–Crippen LogP) is 3.52. The van der Waals surface area contributed by atoms with Crippen LogP contribution in [0.25, 0.3) is 11.0 Å². The summed E-state index contributed by atoms with van der Waals surface area (Å²) < 4.78 is 10.4. The molecule has 0 amide bonds. The molecule has 0 aliphatic rings. The van der Waals surface area contributed by atoms with Gasteiger partial charge in [0, 0.05) is 5.75 Å². The number of ether oxygens (including phenoxy) is 2. The van der Waals surface area contributed by atoms with Gasteiger partial charge in [-0.25, -0.2) is 9.78 Å². The number of fused-ring (bicyclic) bond motifs is 1. The molecule has 6 heteroatoms. The van der Waals surface area contributed by atoms with Crippen molar-refractivity contribution in [2.75, 3.05) is 19.5 Å². The summed E-state index contributed by atoms with van der Waals surface area (Å²) in [4.78, 5) is 19.2. The average Bonchev–Trinajstić information content (AvgIpc) is 3.01. The molecule has 3 rings (SSSR count). The molecule has 0 bridgehead atoms. The minimum Gasteiger partial charge on any atom is -0.493 e. The SMILES string of the molecule is COC(=O)c1cccc(OCCSc2nc3ccccc3[nH]2)c1. The van der Waals surface area contributed by atoms with Crippen molar-refractivity contribution in [1.29, 1.82) is 0 Å². The van der Waals surface area contributed by atoms with Crippen LogP contribution >= 0.6 is 11.8 Å². The highest BCUT2D eigenvalue weighted by molar-refractivity contribution is 7.99. The monoisotopic (exact) mass is 328 g/mol. The van der Waals surface area contributed by atoms with Gasteiger partial charge in [-0.1, -0.05) is 30.0 Å². The number of hydrogen-bond donors (Lipinski definition) is 1. The lowest BCUT2D eigenvalue weighted by Crippen LogP contribution is -2.04. The summed E-state index contributed by atoms with van der Waals surface area (Å²) in [5, 5.41) is 0.873. The number of nitrogens with one attached hydrogen (secondary N) is 1. The van der Waals surface area contributed by atoms with Gasteiger partial charge >= 0.3 is 5.97 Å². The van der Waals surface area contributed by atoms with Crippen molar-refractivity contribution < 1.29 is 14.3 Å². The largest absolute Gasteiger partial charge is 0.493 e. The van der Waals surface area contributed by atoms with E-state index in [4.69, 9.17) is 9.47 Å². The first-order valence-electron chi connectivity index (χ1n) is 7.15. The van der Waals surface area contributed by atoms with Gasteiger partial charge in [-0.15, -0.1) is 0 Å². The normalized spacial score (nSPS) is 10.7. The predicted molar refractivity (Wildman–Crippen MR) is 90.1 cm³/mol. The number of hydrogen-bond acceptors (Lipinski definition) is 5. The summed E-state index contributed by atoms with van der Waals surface area (Å²) in [6.07, 6.45) is 0. The fourth-order valence-corrected chi connectivity index (χ4v) is 2.83. The Balaban J connectivity index is 1.52. The molecule has 0 unspecified atom stereocenters. The molecule has 1 heterocycles. The molecule has 0 aliphatic heterocycles. The number of carbonyl (C=O) groups is 1. The third-order valence-corrected chi connectivity index (χ3v) is 4.05. The standard InChI is InChI=1S/C17H16N2O3S/c1-21-16(20)12-5-4-6-13(11-12)22-9-10-23-17-18-14-7-2-3-8-15(14)19-17/h2-8,11H,9-10H2,1H3,(H,18,19). The number of aromatic amines is 1. The Morgan fingerprint density at radius 1 is 1.22 bits per heavy atom. The molecule has 1 aromatic heterocycles. The minimum absolute atomic E-state index is 0.368. The Labute approximate surface area is 138 Å². The zero-order chi connectivity index (χ0) is 16.1. The van der Waals surface area contributed by atoms with Crippen LogP contribution < -0.4 is 4.74 Å². The molecule has 118 valence electrons. The zero-order valence-electron chi connectivity index (χ0n) is 12.6. The van der Waals surface area contributed by atoms with Crippen LogP contribution in [0.5, 0.6) is 5.75 Å². The van der Waals surface area contributed by atoms with Gasteiger partial charge in [-0.3, -0.25) is 0 Å². The molecule has 23 heavy (non-hydrogen) atoms. The summed E-state index contributed by atoms with van der Waals surface area (Å²) in [5.74, 6) is 1.03. The molecule has 1 N–H and O–H groups in total. The van der Waals surface area contributed by atoms with E-state index in [1.54, 1.807) is 30.0 Å². The van der Waals surface area contributed by atoms with Crippen molar-refractivity contribution in [2.24, 2.45) is 0 Å². The van der Waals surface area contributed by atoms with Crippen molar-refractivity contribution in [1.82, 2.24) is 9.97 Å². The van der Waals surface area contributed by atoms with Gasteiger partial charge in [0.2, 0.25) is 0 Å². The lowest BCUT2D eigenvalue weighted by Gasteiger charge is -2.06. The third kappa shape index (κ3) is 3.84. The lowest BCUT2D eigenvalue weighted by molar-refractivity contribution is 0.0600. The van der Waals surface area contributed by atoms with Crippen molar-refractivity contribution in [3.63, 3.8) is 0 Å². The third-order valence-electron chi connectivity index (χ3n) is 3.21. The molecule has 5 nitrogen and oxygen atoms in total. The van der Waals surface area contributed by atoms with E-state index in [1.807, 2.05) is 30.3 Å². The molecule has 0 spiro atoms. The summed E-state index contributed by atoms with van der Waals surface area (Å²) in [5.41, 5.74) is 2.47. The number of carbonyl (C=O) groups excluding carboxylic acids is 1. The molecule has 3 aromatic rings. The topological polar surface area (TPSA) is 64.2 Å². The first-order chi connectivity index (χ1) is 11.3. The Morgan fingerprint density at radius 3 is 2.91 bits per heavy atom. The first-order valence-corrected chi connectivity index (χ1v) is 8.13. The maximum atomic E-state index is 11.5. The Bertz CT molecular complexity index is 783. The van der Waals surface area contributed by atoms with Crippen LogP contribution in [0.4, 0.5) is 0 Å². The molecule has 0 fully saturated rings. The van der Waals surface area contributed by atoms with Gasteiger partial charge < -0.3 is 14.5 Å². The van der Waals surface area contributed by atoms with E-state index in [2.05, 4.69) is 9.97 Å². The molecule has 0 saturated heterocycles. The number of esters is 1. The second kappa shape index (κ2) is 7.19. The van der Waals surface area contributed by atoms with Crippen molar-refractivity contribution in [3.8, 4) is 5.75 Å². The molecule has 0 aliphatic carbocycles. The zero-order valence-corrected chi connectivity index (χ0v) is 13.4. The number of H-pyrrole nitrogens is 1. The fraction of sp³-hybridized carbons (Fsp3) is 0.176. The van der Waals surface area contributed by atoms with Gasteiger partial charge in [0.25, 0.3) is 0 Å². The molecular weight excluding hydrogens is 312 g/mol. The lowest BCUT2D eigenvalue weighted by atomic mass is 10.2. The number of para-hydroxylation sites is 2. The Morgan fingerprint density at radius 2 is 2.09 bits per heavy atom. The number of aromatic nitrogens is 2. The van der Waals surface area contributed by atoms with Crippen LogP contribution in [0.1, 0.15) is 10.4 Å². The smallest absolute Gasteiger partial charge is 0.337 e. The van der Waals surface area contributed by atoms with Crippen LogP contribution in [-0.4, -0.2) is 35.4 Å². The summed E-state index contributed by atoms with van der Waals surface area (Å²) in [6.45, 7) is 0.520. The van der Waals surface area contributed by atoms with E-state index in [0.29, 0.717) is 17.9 Å². The Kier molecular flexibility index (Phi) is 4.83. The van der Waals surface area contributed by atoms with Gasteiger partial charge in [-0.05, 0) is 30.3 Å². The highest BCUT2D eigenvalue weighted by atomic mass is 32.2. The summed E-state index contributed by atoms with van der Waals surface area (Å²) in [7, 11) is 1.36. The maximum Gasteiger partial charge on any atom is 0.337 e. The van der Waals surface area contributed by atoms with E-state index in [0.717, 1.165) is 21.9 Å². The van der Waals surface area contributed by atoms with Crippen LogP contribution in [0.15, 0.2) is 53.7 Å². The summed E-state index contributed by atoms with van der Waals surface area (Å²) in [6, 6.07) is 14.9. The van der Waals surface area contributed by atoms with Gasteiger partial charge in [0.05, 0.1) is 30.3 Å². The van der Waals surface area contributed by atoms with Crippen molar-refractivity contribution in [2.45, 2.75) is 5.16 Å². The van der Waals surface area contributed by atoms with Gasteiger partial charge in [0.1, 0.15) is 5.75 Å². The molecule has 2 aromatic carbocycles. The second-order valence-electron chi connectivity index (χ2n) is 4.78. The highest BCUT2D eigenvalue weighted by Crippen LogP contribution is 2.20. The average molecular weight is 328 g/mol. The number of nitrogens with zero attached hydrogens (tertiary/aromatic N) is 1. The summed E-state index contributed by atoms with van der Waals surface area (Å²) >= 11 is 1.60. The molecule has 0 atom stereocenters. The fourth-order valence-electron chi connectivity index (χ4n) is 2.13. The first kappa shape index (κ1) is 15.4. The van der Waals surface area contributed by atoms with E-state index in [-0.39, 0.29) is 5.97 Å². The van der Waals surface area contributed by atoms with Crippen LogP contribution in [-0.2, 0) is 4.74 Å². The minimum atomic E-state index is -0.368. The molecular formula is C17H16N2O3S. The Hall–Kier alpha value is -2.47. The van der Waals surface area contributed by atoms with E-state index < -0.39 is 0 Å². The quantitative estimate of drug-likeness (QED) is 0.426. The highest BCUT2D eigenvalue weighted by Gasteiger charge is 2.06. The molecule has 0 radical (unpaired) electrons. The van der Waals surface area contributed by atoms with Gasteiger partial charge in [0.15, 0.2) is 5.16 Å². The second-order valence-corrected chi connectivity index (χ2v) is 5.86. The molecule has 0 saturated carbocycles. The van der Waals surface area contributed by atoms with E-state index >= 15 is 0 Å². The van der Waals surface area contributed by atoms with Crippen LogP contribution in [0.2, 0.25) is 0 Å². The number of thioether (sulfide) groups is 1. The number of benzene rings is 2. The van der Waals surface area contributed by atoms with Crippen LogP contribution in [0, 0.1) is 0 Å². The van der Waals surface area contributed by atoms with E-state index in [1.165, 1.54) is 7.11 Å². The number of methoxy groups -OCH3 is 1. The van der Waals surface area contributed by atoms with Crippen LogP contribution in [0.3, 0.4) is 0 Å². The van der Waals surface area contributed by atoms with E-state index in [9.17, 15) is 4.79 Å².